The van der Waals surface area contributed by atoms with Crippen LogP contribution in [0, 0.1) is 6.92 Å². The van der Waals surface area contributed by atoms with Crippen molar-refractivity contribution >= 4 is 28.3 Å². The summed E-state index contributed by atoms with van der Waals surface area (Å²) >= 11 is 0. The third kappa shape index (κ3) is 3.77. The highest BCUT2D eigenvalue weighted by molar-refractivity contribution is 6.10. The molecule has 1 aliphatic heterocycles. The van der Waals surface area contributed by atoms with E-state index in [0.717, 1.165) is 37.4 Å². The van der Waals surface area contributed by atoms with E-state index in [1.54, 1.807) is 12.1 Å². The molecule has 1 aliphatic rings. The number of nitrogens with zero attached hydrogens (tertiary/aromatic N) is 3. The highest BCUT2D eigenvalue weighted by Gasteiger charge is 2.16. The first kappa shape index (κ1) is 19.7. The Morgan fingerprint density at radius 2 is 1.67 bits per heavy atom. The summed E-state index contributed by atoms with van der Waals surface area (Å²) in [6.45, 7) is 5.66. The molecule has 30 heavy (non-hydrogen) atoms. The fourth-order valence-electron chi connectivity index (χ4n) is 3.74. The minimum atomic E-state index is -0.586. The predicted molar refractivity (Wildman–Crippen MR) is 120 cm³/mol. The number of hydrogen-bond donors (Lipinski definition) is 3. The molecule has 2 aromatic carbocycles. The Morgan fingerprint density at radius 3 is 2.33 bits per heavy atom. The molecule has 1 aromatic heterocycles. The third-order valence-corrected chi connectivity index (χ3v) is 5.24. The second kappa shape index (κ2) is 8.00. The van der Waals surface area contributed by atoms with Gasteiger partial charge >= 0.3 is 0 Å². The van der Waals surface area contributed by atoms with Crippen LogP contribution in [0.2, 0.25) is 0 Å². The fraction of sp³-hybridized carbons (Fsp3) is 0.227. The number of aromatic nitrogens is 1. The summed E-state index contributed by atoms with van der Waals surface area (Å²) in [4.78, 5) is 31.8. The third-order valence-electron chi connectivity index (χ3n) is 5.24. The second-order valence-corrected chi connectivity index (χ2v) is 7.36. The number of carbonyl (C=O) groups excluding carboxylic acids is 1. The van der Waals surface area contributed by atoms with Crippen molar-refractivity contribution in [3.63, 3.8) is 0 Å². The van der Waals surface area contributed by atoms with Crippen LogP contribution in [0.15, 0.2) is 58.4 Å². The number of amides is 1. The lowest BCUT2D eigenvalue weighted by Crippen LogP contribution is -2.43. The van der Waals surface area contributed by atoms with E-state index < -0.39 is 5.91 Å². The average Bonchev–Trinajstić information content (AvgIpc) is 2.74. The molecule has 5 N–H and O–H groups in total. The van der Waals surface area contributed by atoms with Gasteiger partial charge in [0.25, 0.3) is 11.5 Å². The second-order valence-electron chi connectivity index (χ2n) is 7.36. The first-order valence-electron chi connectivity index (χ1n) is 9.80. The van der Waals surface area contributed by atoms with Crippen molar-refractivity contribution in [2.45, 2.75) is 6.92 Å². The standard InChI is InChI=1S/C22H24N6O2/c1-14-2-7-17-18(12-14)19(20(29)26-22(23)24)13-28(21(17)30)16-5-3-15(4-6-16)27-10-8-25-9-11-27/h2-7,12-13,25H,8-11H2,1H3,(H4,23,24,26,29). The number of nitrogens with one attached hydrogen (secondary N) is 1. The fourth-order valence-corrected chi connectivity index (χ4v) is 3.74. The molecule has 0 saturated carbocycles. The van der Waals surface area contributed by atoms with Gasteiger partial charge in [-0.1, -0.05) is 17.7 Å². The summed E-state index contributed by atoms with van der Waals surface area (Å²) in [7, 11) is 0. The Balaban J connectivity index is 1.83. The topological polar surface area (TPSA) is 119 Å². The van der Waals surface area contributed by atoms with Crippen LogP contribution in [0.5, 0.6) is 0 Å². The van der Waals surface area contributed by atoms with Crippen molar-refractivity contribution in [1.82, 2.24) is 9.88 Å². The molecule has 1 saturated heterocycles. The number of nitrogens with two attached hydrogens (primary N) is 2. The number of carbonyl (C=O) groups is 1. The van der Waals surface area contributed by atoms with Crippen molar-refractivity contribution in [2.75, 3.05) is 31.1 Å². The molecule has 0 aliphatic carbocycles. The van der Waals surface area contributed by atoms with Crippen LogP contribution < -0.4 is 27.2 Å². The van der Waals surface area contributed by atoms with Gasteiger partial charge in [-0.15, -0.1) is 0 Å². The Bertz CT molecular complexity index is 1190. The molecule has 1 amide bonds. The molecule has 0 spiro atoms. The maximum atomic E-state index is 13.2. The monoisotopic (exact) mass is 404 g/mol. The van der Waals surface area contributed by atoms with Crippen molar-refractivity contribution in [2.24, 2.45) is 16.5 Å². The van der Waals surface area contributed by atoms with Crippen LogP contribution in [0.4, 0.5) is 5.69 Å². The van der Waals surface area contributed by atoms with Crippen LogP contribution in [0.1, 0.15) is 15.9 Å². The van der Waals surface area contributed by atoms with Gasteiger partial charge in [-0.25, -0.2) is 0 Å². The van der Waals surface area contributed by atoms with Crippen molar-refractivity contribution < 1.29 is 4.79 Å². The van der Waals surface area contributed by atoms with E-state index in [0.29, 0.717) is 16.5 Å². The zero-order chi connectivity index (χ0) is 21.3. The maximum Gasteiger partial charge on any atom is 0.282 e. The Morgan fingerprint density at radius 1 is 1.00 bits per heavy atom. The number of anilines is 1. The summed E-state index contributed by atoms with van der Waals surface area (Å²) in [6.07, 6.45) is 1.51. The zero-order valence-electron chi connectivity index (χ0n) is 16.8. The summed E-state index contributed by atoms with van der Waals surface area (Å²) in [5.74, 6) is -0.907. The number of benzene rings is 2. The lowest BCUT2D eigenvalue weighted by Gasteiger charge is -2.29. The minimum absolute atomic E-state index is 0.207. The van der Waals surface area contributed by atoms with Gasteiger partial charge in [0.15, 0.2) is 5.96 Å². The van der Waals surface area contributed by atoms with Gasteiger partial charge in [0.1, 0.15) is 0 Å². The highest BCUT2D eigenvalue weighted by Crippen LogP contribution is 2.22. The zero-order valence-corrected chi connectivity index (χ0v) is 16.8. The van der Waals surface area contributed by atoms with Gasteiger partial charge in [-0.05, 0) is 37.3 Å². The Hall–Kier alpha value is -3.65. The molecule has 4 rings (SSSR count). The van der Waals surface area contributed by atoms with Crippen LogP contribution in [0.25, 0.3) is 16.5 Å². The van der Waals surface area contributed by atoms with Gasteiger partial charge in [-0.3, -0.25) is 14.2 Å². The number of guanidine groups is 1. The van der Waals surface area contributed by atoms with Gasteiger partial charge in [0, 0.05) is 54.5 Å². The number of aliphatic imine (C=N–C) groups is 1. The van der Waals surface area contributed by atoms with Gasteiger partial charge in [0.2, 0.25) is 0 Å². The molecule has 8 nitrogen and oxygen atoms in total. The van der Waals surface area contributed by atoms with Gasteiger partial charge in [-0.2, -0.15) is 4.99 Å². The quantitative estimate of drug-likeness (QED) is 0.445. The summed E-state index contributed by atoms with van der Waals surface area (Å²) in [5, 5.41) is 4.30. The number of hydrogen-bond acceptors (Lipinski definition) is 4. The van der Waals surface area contributed by atoms with Crippen LogP contribution >= 0.6 is 0 Å². The molecule has 1 fully saturated rings. The molecule has 0 atom stereocenters. The molecule has 0 radical (unpaired) electrons. The van der Waals surface area contributed by atoms with E-state index in [1.165, 1.54) is 10.8 Å². The van der Waals surface area contributed by atoms with Crippen molar-refractivity contribution in [1.29, 1.82) is 0 Å². The maximum absolute atomic E-state index is 13.2. The average molecular weight is 404 g/mol. The smallest absolute Gasteiger partial charge is 0.282 e. The normalized spacial score (nSPS) is 14.0. The molecule has 2 heterocycles. The van der Waals surface area contributed by atoms with Crippen LogP contribution in [-0.4, -0.2) is 42.6 Å². The summed E-state index contributed by atoms with van der Waals surface area (Å²) in [5.41, 5.74) is 13.6. The molecule has 0 bridgehead atoms. The lowest BCUT2D eigenvalue weighted by molar-refractivity contribution is 0.100. The molecular weight excluding hydrogens is 380 g/mol. The van der Waals surface area contributed by atoms with Crippen molar-refractivity contribution in [3.8, 4) is 5.69 Å². The Kier molecular flexibility index (Phi) is 5.24. The number of piperazine rings is 1. The van der Waals surface area contributed by atoms with E-state index in [9.17, 15) is 9.59 Å². The van der Waals surface area contributed by atoms with E-state index >= 15 is 0 Å². The van der Waals surface area contributed by atoms with Crippen LogP contribution in [-0.2, 0) is 0 Å². The Labute approximate surface area is 173 Å². The largest absolute Gasteiger partial charge is 0.370 e. The molecule has 8 heteroatoms. The first-order chi connectivity index (χ1) is 14.4. The lowest BCUT2D eigenvalue weighted by atomic mass is 10.0. The number of aryl methyl sites for hydroxylation is 1. The van der Waals surface area contributed by atoms with E-state index in [2.05, 4.69) is 15.2 Å². The number of pyridine rings is 1. The summed E-state index contributed by atoms with van der Waals surface area (Å²) < 4.78 is 1.47. The van der Waals surface area contributed by atoms with Crippen molar-refractivity contribution in [3.05, 3.63) is 70.1 Å². The van der Waals surface area contributed by atoms with Crippen LogP contribution in [0.3, 0.4) is 0 Å². The van der Waals surface area contributed by atoms with E-state index in [-0.39, 0.29) is 17.1 Å². The molecule has 154 valence electrons. The SMILES string of the molecule is Cc1ccc2c(=O)n(-c3ccc(N4CCNCC4)cc3)cc(C(=O)N=C(N)N)c2c1. The van der Waals surface area contributed by atoms with Gasteiger partial charge < -0.3 is 21.7 Å². The van der Waals surface area contributed by atoms with E-state index in [1.807, 2.05) is 37.3 Å². The molecule has 3 aromatic rings. The number of fused-ring (bicyclic) bond motifs is 1. The summed E-state index contributed by atoms with van der Waals surface area (Å²) in [6, 6.07) is 13.1. The van der Waals surface area contributed by atoms with Gasteiger partial charge in [0.05, 0.1) is 5.56 Å². The number of rotatable bonds is 3. The minimum Gasteiger partial charge on any atom is -0.370 e. The molecule has 0 unspecified atom stereocenters. The predicted octanol–water partition coefficient (Wildman–Crippen LogP) is 1.12. The molecular formula is C22H24N6O2. The first-order valence-corrected chi connectivity index (χ1v) is 9.80. The highest BCUT2D eigenvalue weighted by atomic mass is 16.1. The van der Waals surface area contributed by atoms with E-state index in [4.69, 9.17) is 11.5 Å².